The molecule has 0 bridgehead atoms. The molecule has 2 amide bonds. The van der Waals surface area contributed by atoms with E-state index in [1.165, 1.54) is 0 Å². The topological polar surface area (TPSA) is 58.4 Å². The van der Waals surface area contributed by atoms with Crippen LogP contribution in [0.25, 0.3) is 0 Å². The van der Waals surface area contributed by atoms with Crippen LogP contribution in [0.5, 0.6) is 0 Å². The molecule has 20 heavy (non-hydrogen) atoms. The molecule has 5 nitrogen and oxygen atoms in total. The van der Waals surface area contributed by atoms with Crippen LogP contribution in [0, 0.1) is 13.8 Å². The van der Waals surface area contributed by atoms with Gasteiger partial charge in [0.2, 0.25) is 0 Å². The highest BCUT2D eigenvalue weighted by molar-refractivity contribution is 5.88. The van der Waals surface area contributed by atoms with Gasteiger partial charge in [0.15, 0.2) is 0 Å². The Morgan fingerprint density at radius 3 is 2.75 bits per heavy atom. The Balaban J connectivity index is 2.07. The second-order valence-corrected chi connectivity index (χ2v) is 4.90. The lowest BCUT2D eigenvalue weighted by Gasteiger charge is -2.23. The number of aryl methyl sites for hydroxylation is 2. The number of carbonyl (C=O) groups is 1. The average molecular weight is 273 g/mol. The van der Waals surface area contributed by atoms with E-state index in [1.807, 2.05) is 45.0 Å². The molecule has 1 N–H and O–H groups in total. The van der Waals surface area contributed by atoms with E-state index in [1.54, 1.807) is 18.2 Å². The van der Waals surface area contributed by atoms with Crippen LogP contribution in [-0.4, -0.2) is 23.0 Å². The Kier molecular flexibility index (Phi) is 4.08. The van der Waals surface area contributed by atoms with Crippen LogP contribution in [0.3, 0.4) is 0 Å². The monoisotopic (exact) mass is 273 g/mol. The van der Waals surface area contributed by atoms with Crippen molar-refractivity contribution in [3.8, 4) is 0 Å². The number of anilines is 1. The maximum absolute atomic E-state index is 12.2. The number of hydrogen-bond acceptors (Lipinski definition) is 3. The van der Waals surface area contributed by atoms with Gasteiger partial charge in [-0.3, -0.25) is 5.32 Å². The van der Waals surface area contributed by atoms with Crippen molar-refractivity contribution in [1.29, 1.82) is 0 Å². The molecular formula is C15H19N3O2. The van der Waals surface area contributed by atoms with Crippen LogP contribution in [0.1, 0.15) is 30.0 Å². The van der Waals surface area contributed by atoms with Crippen molar-refractivity contribution >= 4 is 11.8 Å². The lowest BCUT2D eigenvalue weighted by molar-refractivity contribution is 0.201. The quantitative estimate of drug-likeness (QED) is 0.930. The SMILES string of the molecule is Cc1cc(C)nc(NC(=O)N(C)[C@H](C)c2ccco2)c1. The zero-order valence-electron chi connectivity index (χ0n) is 12.2. The Bertz CT molecular complexity index is 573. The highest BCUT2D eigenvalue weighted by Gasteiger charge is 2.19. The van der Waals surface area contributed by atoms with Gasteiger partial charge in [0, 0.05) is 12.7 Å². The maximum atomic E-state index is 12.2. The van der Waals surface area contributed by atoms with E-state index in [0.29, 0.717) is 5.82 Å². The van der Waals surface area contributed by atoms with Gasteiger partial charge in [0.1, 0.15) is 11.6 Å². The van der Waals surface area contributed by atoms with Gasteiger partial charge in [0.05, 0.1) is 12.3 Å². The second-order valence-electron chi connectivity index (χ2n) is 4.90. The molecule has 1 atom stereocenters. The molecule has 2 aromatic heterocycles. The summed E-state index contributed by atoms with van der Waals surface area (Å²) >= 11 is 0. The fraction of sp³-hybridized carbons (Fsp3) is 0.333. The van der Waals surface area contributed by atoms with Gasteiger partial charge in [0.25, 0.3) is 0 Å². The van der Waals surface area contributed by atoms with E-state index in [0.717, 1.165) is 17.0 Å². The molecule has 2 heterocycles. The first kappa shape index (κ1) is 14.1. The van der Waals surface area contributed by atoms with E-state index in [9.17, 15) is 4.79 Å². The summed E-state index contributed by atoms with van der Waals surface area (Å²) in [6.45, 7) is 5.78. The van der Waals surface area contributed by atoms with Crippen molar-refractivity contribution in [3.63, 3.8) is 0 Å². The molecule has 0 fully saturated rings. The van der Waals surface area contributed by atoms with Crippen LogP contribution >= 0.6 is 0 Å². The minimum Gasteiger partial charge on any atom is -0.467 e. The lowest BCUT2D eigenvalue weighted by Crippen LogP contribution is -2.33. The molecule has 0 saturated carbocycles. The van der Waals surface area contributed by atoms with Crippen LogP contribution in [0.2, 0.25) is 0 Å². The molecular weight excluding hydrogens is 254 g/mol. The summed E-state index contributed by atoms with van der Waals surface area (Å²) in [6, 6.07) is 7.11. The highest BCUT2D eigenvalue weighted by Crippen LogP contribution is 2.20. The fourth-order valence-electron chi connectivity index (χ4n) is 2.00. The van der Waals surface area contributed by atoms with Gasteiger partial charge in [-0.05, 0) is 50.6 Å². The molecule has 0 spiro atoms. The first-order valence-corrected chi connectivity index (χ1v) is 6.50. The molecule has 0 aromatic carbocycles. The number of carbonyl (C=O) groups excluding carboxylic acids is 1. The number of nitrogens with zero attached hydrogens (tertiary/aromatic N) is 2. The first-order chi connectivity index (χ1) is 9.47. The number of aromatic nitrogens is 1. The van der Waals surface area contributed by atoms with Gasteiger partial charge < -0.3 is 9.32 Å². The minimum atomic E-state index is -0.216. The predicted octanol–water partition coefficient (Wildman–Crippen LogP) is 3.52. The Morgan fingerprint density at radius 2 is 2.15 bits per heavy atom. The van der Waals surface area contributed by atoms with E-state index < -0.39 is 0 Å². The molecule has 0 aliphatic heterocycles. The summed E-state index contributed by atoms with van der Waals surface area (Å²) in [6.07, 6.45) is 1.60. The number of furan rings is 1. The summed E-state index contributed by atoms with van der Waals surface area (Å²) in [5, 5.41) is 2.80. The van der Waals surface area contributed by atoms with Crippen molar-refractivity contribution in [3.05, 3.63) is 47.5 Å². The van der Waals surface area contributed by atoms with Crippen LogP contribution in [0.15, 0.2) is 34.9 Å². The molecule has 2 aromatic rings. The van der Waals surface area contributed by atoms with E-state index >= 15 is 0 Å². The molecule has 0 aliphatic rings. The van der Waals surface area contributed by atoms with Crippen LogP contribution < -0.4 is 5.32 Å². The largest absolute Gasteiger partial charge is 0.467 e. The van der Waals surface area contributed by atoms with E-state index in [-0.39, 0.29) is 12.1 Å². The number of amides is 2. The maximum Gasteiger partial charge on any atom is 0.323 e. The van der Waals surface area contributed by atoms with E-state index in [4.69, 9.17) is 4.42 Å². The third kappa shape index (κ3) is 3.17. The number of nitrogens with one attached hydrogen (secondary N) is 1. The molecule has 106 valence electrons. The Hall–Kier alpha value is -2.30. The second kappa shape index (κ2) is 5.77. The summed E-state index contributed by atoms with van der Waals surface area (Å²) in [5.41, 5.74) is 1.94. The molecule has 0 unspecified atom stereocenters. The molecule has 0 radical (unpaired) electrons. The summed E-state index contributed by atoms with van der Waals surface area (Å²) in [7, 11) is 1.73. The standard InChI is InChI=1S/C15H19N3O2/c1-10-8-11(2)16-14(9-10)17-15(19)18(4)12(3)13-6-5-7-20-13/h5-9,12H,1-4H3,(H,16,17,19)/t12-/m1/s1. The van der Waals surface area contributed by atoms with Gasteiger partial charge >= 0.3 is 6.03 Å². The zero-order chi connectivity index (χ0) is 14.7. The molecule has 0 aliphatic carbocycles. The van der Waals surface area contributed by atoms with Crippen molar-refractivity contribution in [2.75, 3.05) is 12.4 Å². The molecule has 0 saturated heterocycles. The predicted molar refractivity (Wildman–Crippen MR) is 77.6 cm³/mol. The zero-order valence-corrected chi connectivity index (χ0v) is 12.2. The molecule has 2 rings (SSSR count). The van der Waals surface area contributed by atoms with Crippen molar-refractivity contribution in [2.24, 2.45) is 0 Å². The third-order valence-electron chi connectivity index (χ3n) is 3.19. The lowest BCUT2D eigenvalue weighted by atomic mass is 10.2. The van der Waals surface area contributed by atoms with E-state index in [2.05, 4.69) is 10.3 Å². The normalized spacial score (nSPS) is 12.0. The Morgan fingerprint density at radius 1 is 1.40 bits per heavy atom. The molecule has 5 heteroatoms. The van der Waals surface area contributed by atoms with Crippen LogP contribution in [0.4, 0.5) is 10.6 Å². The smallest absolute Gasteiger partial charge is 0.323 e. The van der Waals surface area contributed by atoms with Crippen molar-refractivity contribution in [2.45, 2.75) is 26.8 Å². The number of rotatable bonds is 3. The number of hydrogen-bond donors (Lipinski definition) is 1. The minimum absolute atomic E-state index is 0.143. The van der Waals surface area contributed by atoms with Crippen molar-refractivity contribution < 1.29 is 9.21 Å². The summed E-state index contributed by atoms with van der Waals surface area (Å²) in [5.74, 6) is 1.31. The summed E-state index contributed by atoms with van der Waals surface area (Å²) in [4.78, 5) is 18.1. The van der Waals surface area contributed by atoms with Gasteiger partial charge in [-0.2, -0.15) is 0 Å². The van der Waals surface area contributed by atoms with Crippen LogP contribution in [-0.2, 0) is 0 Å². The summed E-state index contributed by atoms with van der Waals surface area (Å²) < 4.78 is 5.32. The van der Waals surface area contributed by atoms with Crippen molar-refractivity contribution in [1.82, 2.24) is 9.88 Å². The van der Waals surface area contributed by atoms with Gasteiger partial charge in [-0.15, -0.1) is 0 Å². The Labute approximate surface area is 118 Å². The first-order valence-electron chi connectivity index (χ1n) is 6.50. The van der Waals surface area contributed by atoms with Gasteiger partial charge in [-0.1, -0.05) is 0 Å². The fourth-order valence-corrected chi connectivity index (χ4v) is 2.00. The third-order valence-corrected chi connectivity index (χ3v) is 3.19. The number of urea groups is 1. The highest BCUT2D eigenvalue weighted by atomic mass is 16.3. The number of pyridine rings is 1. The van der Waals surface area contributed by atoms with Gasteiger partial charge in [-0.25, -0.2) is 9.78 Å². The average Bonchev–Trinajstić information content (AvgIpc) is 2.89.